The fourth-order valence-electron chi connectivity index (χ4n) is 1.31. The number of ether oxygens (including phenoxy) is 1. The fourth-order valence-corrected chi connectivity index (χ4v) is 1.45. The molecule has 1 aromatic heterocycles. The molecule has 1 heterocycles. The van der Waals surface area contributed by atoms with Crippen LogP contribution in [0.5, 0.6) is 11.6 Å². The molecular formula is C12H9ClF2N2O. The van der Waals surface area contributed by atoms with Crippen LogP contribution < -0.4 is 4.74 Å². The lowest BCUT2D eigenvalue weighted by atomic mass is 10.1. The summed E-state index contributed by atoms with van der Waals surface area (Å²) < 4.78 is 31.3. The molecule has 0 N–H and O–H groups in total. The van der Waals surface area contributed by atoms with Crippen LogP contribution in [0.3, 0.4) is 0 Å². The quantitative estimate of drug-likeness (QED) is 0.844. The summed E-state index contributed by atoms with van der Waals surface area (Å²) in [6.45, 7) is 0.839. The summed E-state index contributed by atoms with van der Waals surface area (Å²) in [5.74, 6) is -2.27. The molecule has 94 valence electrons. The zero-order chi connectivity index (χ0) is 13.2. The van der Waals surface area contributed by atoms with Crippen molar-refractivity contribution in [2.24, 2.45) is 0 Å². The van der Waals surface area contributed by atoms with E-state index < -0.39 is 5.92 Å². The normalized spacial score (nSPS) is 11.3. The number of halogens is 3. The minimum atomic E-state index is -2.87. The first-order valence-corrected chi connectivity index (χ1v) is 5.47. The molecule has 0 spiro atoms. The third kappa shape index (κ3) is 3.13. The molecule has 0 aliphatic carbocycles. The molecule has 0 saturated heterocycles. The zero-order valence-corrected chi connectivity index (χ0v) is 10.2. The molecule has 0 unspecified atom stereocenters. The van der Waals surface area contributed by atoms with Crippen molar-refractivity contribution in [1.82, 2.24) is 9.97 Å². The molecular weight excluding hydrogens is 262 g/mol. The number of benzene rings is 1. The van der Waals surface area contributed by atoms with Crippen molar-refractivity contribution in [3.05, 3.63) is 47.4 Å². The maximum atomic E-state index is 13.0. The predicted molar refractivity (Wildman–Crippen MR) is 63.1 cm³/mol. The van der Waals surface area contributed by atoms with E-state index in [4.69, 9.17) is 16.3 Å². The Morgan fingerprint density at radius 2 is 1.83 bits per heavy atom. The van der Waals surface area contributed by atoms with Crippen molar-refractivity contribution in [2.45, 2.75) is 12.8 Å². The fraction of sp³-hybridized carbons (Fsp3) is 0.167. The van der Waals surface area contributed by atoms with E-state index in [1.807, 2.05) is 0 Å². The maximum Gasteiger partial charge on any atom is 0.270 e. The molecule has 0 aliphatic heterocycles. The van der Waals surface area contributed by atoms with Gasteiger partial charge in [0.15, 0.2) is 5.15 Å². The molecule has 0 atom stereocenters. The Morgan fingerprint density at radius 3 is 2.39 bits per heavy atom. The van der Waals surface area contributed by atoms with Crippen LogP contribution in [0.2, 0.25) is 5.15 Å². The molecule has 0 fully saturated rings. The van der Waals surface area contributed by atoms with E-state index in [0.717, 1.165) is 6.92 Å². The number of hydrogen-bond donors (Lipinski definition) is 0. The summed E-state index contributed by atoms with van der Waals surface area (Å²) >= 11 is 5.64. The molecule has 6 heteroatoms. The van der Waals surface area contributed by atoms with Gasteiger partial charge in [0.25, 0.3) is 5.92 Å². The van der Waals surface area contributed by atoms with Crippen molar-refractivity contribution in [3.63, 3.8) is 0 Å². The van der Waals surface area contributed by atoms with Gasteiger partial charge in [0, 0.05) is 12.5 Å². The first-order chi connectivity index (χ1) is 8.45. The van der Waals surface area contributed by atoms with E-state index in [2.05, 4.69) is 9.97 Å². The second kappa shape index (κ2) is 4.86. The molecule has 0 saturated carbocycles. The van der Waals surface area contributed by atoms with Crippen LogP contribution in [0.4, 0.5) is 8.78 Å². The van der Waals surface area contributed by atoms with Crippen LogP contribution in [0.15, 0.2) is 36.7 Å². The summed E-state index contributed by atoms with van der Waals surface area (Å²) in [5.41, 5.74) is -0.0768. The van der Waals surface area contributed by atoms with Crippen LogP contribution in [0.25, 0.3) is 0 Å². The summed E-state index contributed by atoms with van der Waals surface area (Å²) in [6.07, 6.45) is 2.75. The lowest BCUT2D eigenvalue weighted by Crippen LogP contribution is -2.06. The largest absolute Gasteiger partial charge is 0.437 e. The second-order valence-electron chi connectivity index (χ2n) is 3.69. The summed E-state index contributed by atoms with van der Waals surface area (Å²) in [7, 11) is 0. The molecule has 2 aromatic rings. The Balaban J connectivity index is 2.16. The van der Waals surface area contributed by atoms with E-state index in [1.54, 1.807) is 0 Å². The van der Waals surface area contributed by atoms with Gasteiger partial charge >= 0.3 is 0 Å². The van der Waals surface area contributed by atoms with E-state index in [1.165, 1.54) is 36.7 Å². The first-order valence-electron chi connectivity index (χ1n) is 5.09. The van der Waals surface area contributed by atoms with Gasteiger partial charge in [0.1, 0.15) is 5.75 Å². The summed E-state index contributed by atoms with van der Waals surface area (Å²) in [5, 5.41) is 0.198. The molecule has 1 aromatic carbocycles. The van der Waals surface area contributed by atoms with Crippen molar-refractivity contribution in [2.75, 3.05) is 0 Å². The van der Waals surface area contributed by atoms with E-state index in [9.17, 15) is 8.78 Å². The van der Waals surface area contributed by atoms with E-state index in [-0.39, 0.29) is 16.6 Å². The standard InChI is InChI=1S/C12H9ClF2N2O/c1-12(14,15)8-2-4-9(5-3-8)18-11-7-16-6-10(13)17-11/h2-7H,1H3. The Morgan fingerprint density at radius 1 is 1.17 bits per heavy atom. The molecule has 0 aliphatic rings. The van der Waals surface area contributed by atoms with Gasteiger partial charge in [0.2, 0.25) is 5.88 Å². The smallest absolute Gasteiger partial charge is 0.270 e. The van der Waals surface area contributed by atoms with Crippen LogP contribution in [0, 0.1) is 0 Å². The molecule has 0 radical (unpaired) electrons. The van der Waals surface area contributed by atoms with Crippen molar-refractivity contribution >= 4 is 11.6 Å². The van der Waals surface area contributed by atoms with Crippen LogP contribution in [0.1, 0.15) is 12.5 Å². The van der Waals surface area contributed by atoms with Gasteiger partial charge in [-0.15, -0.1) is 0 Å². The highest BCUT2D eigenvalue weighted by molar-refractivity contribution is 6.29. The summed E-state index contributed by atoms with van der Waals surface area (Å²) in [6, 6.07) is 5.48. The van der Waals surface area contributed by atoms with E-state index in [0.29, 0.717) is 5.75 Å². The second-order valence-corrected chi connectivity index (χ2v) is 4.08. The van der Waals surface area contributed by atoms with Crippen LogP contribution in [-0.4, -0.2) is 9.97 Å². The van der Waals surface area contributed by atoms with Gasteiger partial charge in [-0.1, -0.05) is 11.6 Å². The Bertz CT molecular complexity index is 541. The molecule has 3 nitrogen and oxygen atoms in total. The predicted octanol–water partition coefficient (Wildman–Crippen LogP) is 4.03. The molecule has 0 amide bonds. The maximum absolute atomic E-state index is 13.0. The van der Waals surface area contributed by atoms with Crippen LogP contribution in [-0.2, 0) is 5.92 Å². The summed E-state index contributed by atoms with van der Waals surface area (Å²) in [4.78, 5) is 7.67. The van der Waals surface area contributed by atoms with Crippen LogP contribution >= 0.6 is 11.6 Å². The Kier molecular flexibility index (Phi) is 3.43. The number of aromatic nitrogens is 2. The average molecular weight is 271 g/mol. The highest BCUT2D eigenvalue weighted by Gasteiger charge is 2.23. The lowest BCUT2D eigenvalue weighted by molar-refractivity contribution is 0.0174. The Hall–Kier alpha value is -1.75. The molecule has 0 bridgehead atoms. The van der Waals surface area contributed by atoms with Gasteiger partial charge in [-0.25, -0.2) is 8.78 Å². The highest BCUT2D eigenvalue weighted by atomic mass is 35.5. The van der Waals surface area contributed by atoms with Crippen molar-refractivity contribution < 1.29 is 13.5 Å². The number of alkyl halides is 2. The van der Waals surface area contributed by atoms with Gasteiger partial charge in [0.05, 0.1) is 12.4 Å². The van der Waals surface area contributed by atoms with Gasteiger partial charge in [-0.2, -0.15) is 4.98 Å². The third-order valence-electron chi connectivity index (χ3n) is 2.17. The van der Waals surface area contributed by atoms with E-state index >= 15 is 0 Å². The first kappa shape index (κ1) is 12.7. The molecule has 2 rings (SSSR count). The number of nitrogens with zero attached hydrogens (tertiary/aromatic N) is 2. The van der Waals surface area contributed by atoms with Crippen molar-refractivity contribution in [1.29, 1.82) is 0 Å². The number of rotatable bonds is 3. The number of hydrogen-bond acceptors (Lipinski definition) is 3. The average Bonchev–Trinajstić information content (AvgIpc) is 2.28. The van der Waals surface area contributed by atoms with Gasteiger partial charge < -0.3 is 4.74 Å². The Labute approximate surface area is 107 Å². The zero-order valence-electron chi connectivity index (χ0n) is 9.40. The molecule has 18 heavy (non-hydrogen) atoms. The highest BCUT2D eigenvalue weighted by Crippen LogP contribution is 2.29. The minimum absolute atomic E-state index is 0.0768. The van der Waals surface area contributed by atoms with Gasteiger partial charge in [-0.05, 0) is 24.3 Å². The monoisotopic (exact) mass is 270 g/mol. The minimum Gasteiger partial charge on any atom is -0.437 e. The van der Waals surface area contributed by atoms with Crippen molar-refractivity contribution in [3.8, 4) is 11.6 Å². The topological polar surface area (TPSA) is 35.0 Å². The van der Waals surface area contributed by atoms with Gasteiger partial charge in [-0.3, -0.25) is 4.98 Å². The third-order valence-corrected chi connectivity index (χ3v) is 2.35. The lowest BCUT2D eigenvalue weighted by Gasteiger charge is -2.11. The SMILES string of the molecule is CC(F)(F)c1ccc(Oc2cncc(Cl)n2)cc1.